The van der Waals surface area contributed by atoms with E-state index in [1.54, 1.807) is 0 Å². The highest BCUT2D eigenvalue weighted by Gasteiger charge is 2.64. The van der Waals surface area contributed by atoms with Crippen molar-refractivity contribution in [3.05, 3.63) is 0 Å². The smallest absolute Gasteiger partial charge is 0.183 e. The molecule has 0 saturated heterocycles. The van der Waals surface area contributed by atoms with Crippen LogP contribution in [0.1, 0.15) is 27.7 Å². The zero-order valence-electron chi connectivity index (χ0n) is 13.4. The molecule has 7 nitrogen and oxygen atoms in total. The van der Waals surface area contributed by atoms with Crippen LogP contribution in [0.2, 0.25) is 0 Å². The largest absolute Gasteiger partial charge is 0.348 e. The van der Waals surface area contributed by atoms with Crippen LogP contribution in [0.3, 0.4) is 0 Å². The molecule has 0 aliphatic rings. The topological polar surface area (TPSA) is 108 Å². The van der Waals surface area contributed by atoms with E-state index in [0.29, 0.717) is 0 Å². The lowest BCUT2D eigenvalue weighted by molar-refractivity contribution is -1.92. The van der Waals surface area contributed by atoms with Gasteiger partial charge in [-0.1, -0.05) is 0 Å². The van der Waals surface area contributed by atoms with Gasteiger partial charge in [0.1, 0.15) is 0 Å². The summed E-state index contributed by atoms with van der Waals surface area (Å²) in [5, 5.41) is 3.33. The number of nitrogens with zero attached hydrogens (tertiary/aromatic N) is 2. The maximum Gasteiger partial charge on any atom is 0.348 e. The van der Waals surface area contributed by atoms with Gasteiger partial charge >= 0.3 is 3.53 Å². The Hall–Kier alpha value is 1.31. The van der Waals surface area contributed by atoms with Crippen molar-refractivity contribution in [2.45, 2.75) is 31.2 Å². The Kier molecular flexibility index (Phi) is 12.8. The zero-order valence-corrected chi connectivity index (χ0v) is 17.3. The summed E-state index contributed by atoms with van der Waals surface area (Å²) in [6, 6.07) is 0. The molecule has 2 N–H and O–H groups in total. The SMILES string of the molecule is CCN(CC)[P+](NC)(N(CC)CC)C(Cl)(Cl)Cl.[O-][Cl+3]([O-])([O-])O. The van der Waals surface area contributed by atoms with Crippen LogP contribution < -0.4 is 19.1 Å². The molecule has 0 saturated carbocycles. The molecule has 0 aliphatic heterocycles. The van der Waals surface area contributed by atoms with Gasteiger partial charge in [0.25, 0.3) is 7.71 Å². The molecular weight excluding hydrogens is 399 g/mol. The van der Waals surface area contributed by atoms with E-state index in [1.165, 1.54) is 0 Å². The first-order valence-electron chi connectivity index (χ1n) is 6.64. The van der Waals surface area contributed by atoms with E-state index < -0.39 is 21.5 Å². The van der Waals surface area contributed by atoms with Gasteiger partial charge in [-0.05, 0) is 62.5 Å². The van der Waals surface area contributed by atoms with Crippen LogP contribution in [0.5, 0.6) is 0 Å². The molecule has 0 heterocycles. The van der Waals surface area contributed by atoms with E-state index in [4.69, 9.17) is 53.4 Å². The van der Waals surface area contributed by atoms with Gasteiger partial charge in [0.15, 0.2) is 0 Å². The van der Waals surface area contributed by atoms with Crippen LogP contribution in [0.15, 0.2) is 0 Å². The Morgan fingerprint density at radius 3 is 1.27 bits per heavy atom. The van der Waals surface area contributed by atoms with Crippen LogP contribution in [0, 0.1) is 10.2 Å². The highest BCUT2D eigenvalue weighted by Crippen LogP contribution is 2.74. The maximum absolute atomic E-state index is 8.60. The summed E-state index contributed by atoms with van der Waals surface area (Å²) in [5.41, 5.74) is 0. The van der Waals surface area contributed by atoms with Gasteiger partial charge in [0.2, 0.25) is 0 Å². The molecule has 0 radical (unpaired) electrons. The summed E-state index contributed by atoms with van der Waals surface area (Å²) in [4.78, 5) is 0. The Bertz CT molecular complexity index is 279. The van der Waals surface area contributed by atoms with Gasteiger partial charge in [-0.25, -0.2) is 0 Å². The van der Waals surface area contributed by atoms with Crippen LogP contribution in [-0.4, -0.2) is 50.8 Å². The minimum absolute atomic E-state index is 0.857. The third kappa shape index (κ3) is 7.92. The fraction of sp³-hybridized carbons (Fsp3) is 1.00. The number of nitrogens with one attached hydrogen (secondary N) is 1. The lowest BCUT2D eigenvalue weighted by Crippen LogP contribution is -2.58. The molecule has 0 spiro atoms. The monoisotopic (exact) mass is 422 g/mol. The fourth-order valence-electron chi connectivity index (χ4n) is 2.18. The van der Waals surface area contributed by atoms with Crippen LogP contribution in [0.4, 0.5) is 0 Å². The molecule has 22 heavy (non-hydrogen) atoms. The lowest BCUT2D eigenvalue weighted by atomic mass is 10.7. The van der Waals surface area contributed by atoms with E-state index in [0.717, 1.165) is 26.2 Å². The molecule has 136 valence electrons. The third-order valence-electron chi connectivity index (χ3n) is 2.94. The second kappa shape index (κ2) is 11.0. The Morgan fingerprint density at radius 1 is 0.955 bits per heavy atom. The number of hydrogen-bond donors (Lipinski definition) is 2. The quantitative estimate of drug-likeness (QED) is 0.433. The van der Waals surface area contributed by atoms with E-state index in [-0.39, 0.29) is 0 Å². The zero-order chi connectivity index (χ0) is 18.2. The van der Waals surface area contributed by atoms with Gasteiger partial charge in [-0.15, -0.1) is 9.34 Å². The molecule has 0 unspecified atom stereocenters. The van der Waals surface area contributed by atoms with Gasteiger partial charge in [0.05, 0.1) is 14.9 Å². The second-order valence-corrected chi connectivity index (χ2v) is 11.3. The highest BCUT2D eigenvalue weighted by molar-refractivity contribution is 7.76. The minimum Gasteiger partial charge on any atom is -0.183 e. The normalized spacial score (nSPS) is 13.4. The second-order valence-electron chi connectivity index (χ2n) is 3.97. The van der Waals surface area contributed by atoms with Crippen molar-refractivity contribution in [1.82, 2.24) is 14.4 Å². The van der Waals surface area contributed by atoms with Crippen molar-refractivity contribution < 1.29 is 28.9 Å². The van der Waals surface area contributed by atoms with Gasteiger partial charge in [-0.2, -0.15) is 19.1 Å². The molecule has 0 aromatic rings. The first kappa shape index (κ1) is 25.5. The minimum atomic E-state index is -4.69. The first-order valence-corrected chi connectivity index (χ1v) is 10.7. The summed E-state index contributed by atoms with van der Waals surface area (Å²) in [7, 11) is -4.98. The van der Waals surface area contributed by atoms with Crippen molar-refractivity contribution in [3.8, 4) is 0 Å². The van der Waals surface area contributed by atoms with Gasteiger partial charge < -0.3 is 0 Å². The maximum atomic E-state index is 8.60. The van der Waals surface area contributed by atoms with Crippen LogP contribution >= 0.6 is 42.5 Å². The first-order chi connectivity index (χ1) is 9.85. The van der Waals surface area contributed by atoms with Crippen LogP contribution in [0.25, 0.3) is 0 Å². The molecule has 0 aliphatic carbocycles. The van der Waals surface area contributed by atoms with Gasteiger partial charge in [0, 0.05) is 33.2 Å². The molecule has 0 fully saturated rings. The van der Waals surface area contributed by atoms with E-state index in [1.807, 2.05) is 7.05 Å². The molecule has 0 aromatic carbocycles. The molecule has 0 aromatic heterocycles. The molecular formula is C10H25Cl4N3O4P+. The van der Waals surface area contributed by atoms with Crippen molar-refractivity contribution in [2.24, 2.45) is 0 Å². The average Bonchev–Trinajstić information content (AvgIpc) is 2.35. The van der Waals surface area contributed by atoms with E-state index >= 15 is 0 Å². The molecule has 0 bridgehead atoms. The van der Waals surface area contributed by atoms with Crippen molar-refractivity contribution in [3.63, 3.8) is 0 Å². The summed E-state index contributed by atoms with van der Waals surface area (Å²) in [6.07, 6.45) is 0. The summed E-state index contributed by atoms with van der Waals surface area (Å²) >= 11 is 18.9. The van der Waals surface area contributed by atoms with Crippen molar-refractivity contribution in [1.29, 1.82) is 0 Å². The number of alkyl halides is 3. The molecule has 0 amide bonds. The highest BCUT2D eigenvalue weighted by atomic mass is 35.7. The van der Waals surface area contributed by atoms with Gasteiger partial charge in [-0.3, -0.25) is 0 Å². The summed E-state index contributed by atoms with van der Waals surface area (Å²) < 4.78 is 35.9. The average molecular weight is 424 g/mol. The lowest BCUT2D eigenvalue weighted by Gasteiger charge is -2.43. The number of hydrogen-bond acceptors (Lipinski definition) is 7. The van der Waals surface area contributed by atoms with Crippen molar-refractivity contribution >= 4 is 42.5 Å². The Labute approximate surface area is 150 Å². The predicted octanol–water partition coefficient (Wildman–Crippen LogP) is -0.144. The molecule has 0 atom stereocenters. The third-order valence-corrected chi connectivity index (χ3v) is 9.16. The summed E-state index contributed by atoms with van der Waals surface area (Å²) in [5.74, 6) is 0. The number of rotatable bonds is 7. The predicted molar refractivity (Wildman–Crippen MR) is 84.3 cm³/mol. The van der Waals surface area contributed by atoms with E-state index in [2.05, 4.69) is 42.1 Å². The Morgan fingerprint density at radius 2 is 1.18 bits per heavy atom. The number of halogens is 4. The van der Waals surface area contributed by atoms with Crippen molar-refractivity contribution in [2.75, 3.05) is 33.2 Å². The summed E-state index contributed by atoms with van der Waals surface area (Å²) in [6.45, 7) is 11.8. The standard InChI is InChI=1S/C10H24Cl3N3P.ClHO4/c1-6-15(7-2)17(14-5,10(11,12)13)16(8-3)9-4;2-1(3,4)5/h14H,6-9H2,1-5H3;(H,2,3,4,5)/q+1;. The van der Waals surface area contributed by atoms with E-state index in [9.17, 15) is 0 Å². The molecule has 12 heteroatoms. The molecule has 0 rings (SSSR count). The fourth-order valence-corrected chi connectivity index (χ4v) is 8.32. The van der Waals surface area contributed by atoms with Crippen LogP contribution in [-0.2, 0) is 0 Å². The Balaban J connectivity index is 0.